The van der Waals surface area contributed by atoms with Gasteiger partial charge in [-0.25, -0.2) is 4.98 Å². The Morgan fingerprint density at radius 3 is 2.83 bits per heavy atom. The zero-order chi connectivity index (χ0) is 13.1. The van der Waals surface area contributed by atoms with Crippen molar-refractivity contribution in [2.24, 2.45) is 7.05 Å². The predicted molar refractivity (Wildman–Crippen MR) is 67.3 cm³/mol. The van der Waals surface area contributed by atoms with E-state index in [4.69, 9.17) is 0 Å². The van der Waals surface area contributed by atoms with Crippen molar-refractivity contribution in [3.8, 4) is 0 Å². The number of carbonyl (C=O) groups excluding carboxylic acids is 1. The number of nitrogens with zero attached hydrogens (tertiary/aromatic N) is 3. The molecule has 0 saturated heterocycles. The van der Waals surface area contributed by atoms with Crippen LogP contribution in [-0.4, -0.2) is 32.2 Å². The Hall–Kier alpha value is -2.11. The first-order valence-corrected chi connectivity index (χ1v) is 5.85. The van der Waals surface area contributed by atoms with E-state index in [-0.39, 0.29) is 5.91 Å². The maximum atomic E-state index is 11.7. The molecule has 0 aliphatic heterocycles. The average molecular weight is 247 g/mol. The van der Waals surface area contributed by atoms with E-state index >= 15 is 0 Å². The predicted octanol–water partition coefficient (Wildman–Crippen LogP) is 0.733. The molecular formula is C12H17N5O. The van der Waals surface area contributed by atoms with Gasteiger partial charge >= 0.3 is 0 Å². The van der Waals surface area contributed by atoms with Crippen LogP contribution < -0.4 is 5.32 Å². The molecule has 0 aromatic carbocycles. The van der Waals surface area contributed by atoms with Gasteiger partial charge in [-0.1, -0.05) is 0 Å². The van der Waals surface area contributed by atoms with Crippen LogP contribution >= 0.6 is 0 Å². The molecule has 1 amide bonds. The van der Waals surface area contributed by atoms with Crippen molar-refractivity contribution in [3.05, 3.63) is 35.2 Å². The summed E-state index contributed by atoms with van der Waals surface area (Å²) >= 11 is 0. The average Bonchev–Trinajstić information content (AvgIpc) is 2.93. The normalized spacial score (nSPS) is 10.6. The quantitative estimate of drug-likeness (QED) is 0.836. The number of aromatic nitrogens is 4. The van der Waals surface area contributed by atoms with Crippen molar-refractivity contribution in [2.75, 3.05) is 6.54 Å². The fourth-order valence-corrected chi connectivity index (χ4v) is 1.96. The molecule has 2 aromatic heterocycles. The molecule has 0 aliphatic rings. The van der Waals surface area contributed by atoms with Gasteiger partial charge in [0.25, 0.3) is 5.91 Å². The lowest BCUT2D eigenvalue weighted by Gasteiger charge is -2.04. The lowest BCUT2D eigenvalue weighted by atomic mass is 10.1. The van der Waals surface area contributed by atoms with Crippen LogP contribution in [0.25, 0.3) is 0 Å². The Labute approximate surface area is 105 Å². The molecule has 0 atom stereocenters. The number of hydrogen-bond donors (Lipinski definition) is 2. The van der Waals surface area contributed by atoms with Crippen LogP contribution in [0.5, 0.6) is 0 Å². The molecule has 2 N–H and O–H groups in total. The molecule has 0 aliphatic carbocycles. The third kappa shape index (κ3) is 2.42. The summed E-state index contributed by atoms with van der Waals surface area (Å²) in [5.74, 6) is -0.133. The minimum absolute atomic E-state index is 0.133. The van der Waals surface area contributed by atoms with E-state index in [1.54, 1.807) is 0 Å². The highest BCUT2D eigenvalue weighted by molar-refractivity contribution is 5.91. The lowest BCUT2D eigenvalue weighted by Crippen LogP contribution is -2.26. The SMILES string of the molecule is Cc1nn(C)c(C)c1CCNC(=O)c1cnc[nH]1. The minimum atomic E-state index is -0.133. The standard InChI is InChI=1S/C12H17N5O/c1-8-10(9(2)17(3)16-8)4-5-14-12(18)11-6-13-7-15-11/h6-7H,4-5H2,1-3H3,(H,13,15)(H,14,18). The maximum absolute atomic E-state index is 11.7. The Morgan fingerprint density at radius 1 is 1.50 bits per heavy atom. The van der Waals surface area contributed by atoms with Crippen LogP contribution in [0, 0.1) is 13.8 Å². The van der Waals surface area contributed by atoms with Gasteiger partial charge in [0.15, 0.2) is 0 Å². The minimum Gasteiger partial charge on any atom is -0.350 e. The largest absolute Gasteiger partial charge is 0.350 e. The molecule has 0 radical (unpaired) electrons. The summed E-state index contributed by atoms with van der Waals surface area (Å²) in [6, 6.07) is 0. The Balaban J connectivity index is 1.91. The number of nitrogens with one attached hydrogen (secondary N) is 2. The van der Waals surface area contributed by atoms with Crippen LogP contribution in [0.4, 0.5) is 0 Å². The topological polar surface area (TPSA) is 75.6 Å². The van der Waals surface area contributed by atoms with Gasteiger partial charge in [0.1, 0.15) is 5.69 Å². The highest BCUT2D eigenvalue weighted by atomic mass is 16.1. The van der Waals surface area contributed by atoms with Crippen molar-refractivity contribution in [1.29, 1.82) is 0 Å². The van der Waals surface area contributed by atoms with Crippen molar-refractivity contribution < 1.29 is 4.79 Å². The van der Waals surface area contributed by atoms with Gasteiger partial charge in [0.05, 0.1) is 18.2 Å². The zero-order valence-electron chi connectivity index (χ0n) is 10.8. The van der Waals surface area contributed by atoms with Gasteiger partial charge in [-0.15, -0.1) is 0 Å². The van der Waals surface area contributed by atoms with Crippen molar-refractivity contribution in [2.45, 2.75) is 20.3 Å². The second-order valence-corrected chi connectivity index (χ2v) is 4.24. The van der Waals surface area contributed by atoms with Gasteiger partial charge in [-0.3, -0.25) is 9.48 Å². The van der Waals surface area contributed by atoms with Gasteiger partial charge in [0, 0.05) is 19.3 Å². The number of H-pyrrole nitrogens is 1. The van der Waals surface area contributed by atoms with Crippen LogP contribution in [0.3, 0.4) is 0 Å². The number of rotatable bonds is 4. The number of imidazole rings is 1. The van der Waals surface area contributed by atoms with Crippen molar-refractivity contribution in [3.63, 3.8) is 0 Å². The van der Waals surface area contributed by atoms with Crippen LogP contribution in [0.2, 0.25) is 0 Å². The van der Waals surface area contributed by atoms with E-state index in [0.717, 1.165) is 17.8 Å². The fourth-order valence-electron chi connectivity index (χ4n) is 1.96. The third-order valence-corrected chi connectivity index (χ3v) is 3.06. The van der Waals surface area contributed by atoms with Crippen LogP contribution in [0.1, 0.15) is 27.4 Å². The van der Waals surface area contributed by atoms with Crippen LogP contribution in [-0.2, 0) is 13.5 Å². The van der Waals surface area contributed by atoms with Crippen molar-refractivity contribution >= 4 is 5.91 Å². The summed E-state index contributed by atoms with van der Waals surface area (Å²) in [5, 5.41) is 7.20. The Bertz CT molecular complexity index is 541. The molecule has 18 heavy (non-hydrogen) atoms. The van der Waals surface area contributed by atoms with E-state index in [1.807, 2.05) is 25.6 Å². The summed E-state index contributed by atoms with van der Waals surface area (Å²) in [6.45, 7) is 4.61. The van der Waals surface area contributed by atoms with E-state index in [1.165, 1.54) is 18.1 Å². The number of aryl methyl sites for hydroxylation is 2. The first kappa shape index (κ1) is 12.3. The fraction of sp³-hybridized carbons (Fsp3) is 0.417. The van der Waals surface area contributed by atoms with Gasteiger partial charge in [-0.05, 0) is 25.8 Å². The second kappa shape index (κ2) is 5.03. The number of amides is 1. The van der Waals surface area contributed by atoms with E-state index in [0.29, 0.717) is 12.2 Å². The molecule has 6 heteroatoms. The molecular weight excluding hydrogens is 230 g/mol. The highest BCUT2D eigenvalue weighted by Crippen LogP contribution is 2.11. The monoisotopic (exact) mass is 247 g/mol. The number of aromatic amines is 1. The van der Waals surface area contributed by atoms with E-state index < -0.39 is 0 Å². The van der Waals surface area contributed by atoms with E-state index in [2.05, 4.69) is 20.4 Å². The molecule has 2 rings (SSSR count). The lowest BCUT2D eigenvalue weighted by molar-refractivity contribution is 0.0949. The Kier molecular flexibility index (Phi) is 3.45. The molecule has 0 saturated carbocycles. The van der Waals surface area contributed by atoms with Crippen molar-refractivity contribution in [1.82, 2.24) is 25.1 Å². The number of carbonyl (C=O) groups is 1. The zero-order valence-corrected chi connectivity index (χ0v) is 10.8. The summed E-state index contributed by atoms with van der Waals surface area (Å²) in [5.41, 5.74) is 3.84. The first-order chi connectivity index (χ1) is 8.59. The highest BCUT2D eigenvalue weighted by Gasteiger charge is 2.10. The first-order valence-electron chi connectivity index (χ1n) is 5.85. The van der Waals surface area contributed by atoms with E-state index in [9.17, 15) is 4.79 Å². The molecule has 6 nitrogen and oxygen atoms in total. The smallest absolute Gasteiger partial charge is 0.269 e. The molecule has 0 fully saturated rings. The van der Waals surface area contributed by atoms with Gasteiger partial charge in [-0.2, -0.15) is 5.10 Å². The summed E-state index contributed by atoms with van der Waals surface area (Å²) in [6.07, 6.45) is 3.78. The molecule has 0 unspecified atom stereocenters. The van der Waals surface area contributed by atoms with Gasteiger partial charge < -0.3 is 10.3 Å². The summed E-state index contributed by atoms with van der Waals surface area (Å²) < 4.78 is 1.86. The second-order valence-electron chi connectivity index (χ2n) is 4.24. The molecule has 0 bridgehead atoms. The molecule has 96 valence electrons. The van der Waals surface area contributed by atoms with Gasteiger partial charge in [0.2, 0.25) is 0 Å². The third-order valence-electron chi connectivity index (χ3n) is 3.06. The summed E-state index contributed by atoms with van der Waals surface area (Å²) in [4.78, 5) is 18.3. The maximum Gasteiger partial charge on any atom is 0.269 e. The molecule has 2 heterocycles. The van der Waals surface area contributed by atoms with Crippen LogP contribution in [0.15, 0.2) is 12.5 Å². The summed E-state index contributed by atoms with van der Waals surface area (Å²) in [7, 11) is 1.93. The molecule has 0 spiro atoms. The molecule has 2 aromatic rings. The Morgan fingerprint density at radius 2 is 2.28 bits per heavy atom. The number of hydrogen-bond acceptors (Lipinski definition) is 3.